The second-order valence-corrected chi connectivity index (χ2v) is 7.31. The second-order valence-electron chi connectivity index (χ2n) is 5.66. The van der Waals surface area contributed by atoms with Gasteiger partial charge >= 0.3 is 0 Å². The van der Waals surface area contributed by atoms with E-state index in [9.17, 15) is 12.8 Å². The van der Waals surface area contributed by atoms with Gasteiger partial charge in [0.2, 0.25) is 10.0 Å². The van der Waals surface area contributed by atoms with Gasteiger partial charge in [0, 0.05) is 6.04 Å². The van der Waals surface area contributed by atoms with E-state index >= 15 is 0 Å². The molecule has 1 aromatic rings. The van der Waals surface area contributed by atoms with Crippen LogP contribution in [0.15, 0.2) is 11.0 Å². The van der Waals surface area contributed by atoms with Crippen molar-refractivity contribution in [1.29, 1.82) is 0 Å². The van der Waals surface area contributed by atoms with Crippen molar-refractivity contribution in [2.45, 2.75) is 38.1 Å². The van der Waals surface area contributed by atoms with Crippen LogP contribution >= 0.6 is 0 Å². The maximum Gasteiger partial charge on any atom is 0.241 e. The molecule has 0 bridgehead atoms. The Hall–Kier alpha value is -1.18. The zero-order valence-corrected chi connectivity index (χ0v) is 14.0. The van der Waals surface area contributed by atoms with Crippen molar-refractivity contribution < 1.29 is 12.8 Å². The molecule has 0 aliphatic rings. The fourth-order valence-corrected chi connectivity index (χ4v) is 3.94. The van der Waals surface area contributed by atoms with E-state index in [0.717, 1.165) is 12.6 Å². The maximum absolute atomic E-state index is 13.5. The van der Waals surface area contributed by atoms with Gasteiger partial charge in [0.1, 0.15) is 5.82 Å². The van der Waals surface area contributed by atoms with Crippen LogP contribution in [-0.2, 0) is 10.0 Å². The first-order valence-corrected chi connectivity index (χ1v) is 8.26. The number of nitrogens with one attached hydrogen (secondary N) is 1. The zero-order chi connectivity index (χ0) is 16.4. The van der Waals surface area contributed by atoms with Crippen LogP contribution in [0.2, 0.25) is 0 Å². The number of rotatable bonds is 6. The molecule has 0 saturated heterocycles. The Morgan fingerprint density at radius 1 is 1.38 bits per heavy atom. The third-order valence-electron chi connectivity index (χ3n) is 3.34. The van der Waals surface area contributed by atoms with Crippen molar-refractivity contribution in [3.63, 3.8) is 0 Å². The van der Waals surface area contributed by atoms with Gasteiger partial charge in [-0.1, -0.05) is 0 Å². The number of sulfonamides is 1. The lowest BCUT2D eigenvalue weighted by atomic mass is 10.1. The van der Waals surface area contributed by atoms with Gasteiger partial charge in [-0.15, -0.1) is 0 Å². The zero-order valence-electron chi connectivity index (χ0n) is 13.2. The van der Waals surface area contributed by atoms with Crippen molar-refractivity contribution in [2.24, 2.45) is 0 Å². The molecule has 0 amide bonds. The molecule has 0 aromatic heterocycles. The maximum atomic E-state index is 13.5. The molecule has 0 aliphatic heterocycles. The summed E-state index contributed by atoms with van der Waals surface area (Å²) in [6.07, 6.45) is 0.682. The van der Waals surface area contributed by atoms with E-state index in [2.05, 4.69) is 4.72 Å². The molecule has 21 heavy (non-hydrogen) atoms. The van der Waals surface area contributed by atoms with Gasteiger partial charge < -0.3 is 10.6 Å². The number of nitrogens with zero attached hydrogens (tertiary/aromatic N) is 1. The molecule has 0 heterocycles. The Balaban J connectivity index is 3.07. The highest BCUT2D eigenvalue weighted by molar-refractivity contribution is 7.89. The van der Waals surface area contributed by atoms with Gasteiger partial charge in [0.05, 0.1) is 10.6 Å². The van der Waals surface area contributed by atoms with E-state index < -0.39 is 15.8 Å². The molecule has 0 spiro atoms. The molecule has 1 rings (SSSR count). The minimum Gasteiger partial charge on any atom is -0.396 e. The van der Waals surface area contributed by atoms with E-state index in [1.54, 1.807) is 13.8 Å². The summed E-state index contributed by atoms with van der Waals surface area (Å²) >= 11 is 0. The largest absolute Gasteiger partial charge is 0.396 e. The van der Waals surface area contributed by atoms with E-state index in [1.165, 1.54) is 6.92 Å². The van der Waals surface area contributed by atoms with Crippen LogP contribution in [-0.4, -0.2) is 40.0 Å². The molecule has 0 aliphatic carbocycles. The van der Waals surface area contributed by atoms with Crippen LogP contribution < -0.4 is 10.5 Å². The third-order valence-corrected chi connectivity index (χ3v) is 5.22. The lowest BCUT2D eigenvalue weighted by Crippen LogP contribution is -2.35. The molecule has 7 heteroatoms. The van der Waals surface area contributed by atoms with Gasteiger partial charge in [-0.05, 0) is 65.0 Å². The Kier molecular flexibility index (Phi) is 5.72. The van der Waals surface area contributed by atoms with Crippen molar-refractivity contribution in [3.05, 3.63) is 23.0 Å². The number of anilines is 1. The fourth-order valence-electron chi connectivity index (χ4n) is 2.18. The van der Waals surface area contributed by atoms with Crippen LogP contribution in [0.25, 0.3) is 0 Å². The Morgan fingerprint density at radius 2 is 1.95 bits per heavy atom. The quantitative estimate of drug-likeness (QED) is 0.782. The van der Waals surface area contributed by atoms with Crippen molar-refractivity contribution >= 4 is 15.7 Å². The van der Waals surface area contributed by atoms with Crippen molar-refractivity contribution in [2.75, 3.05) is 26.4 Å². The standard InChI is InChI=1S/C14H24FN3O2S/c1-9-8-12(15)13(16)11(3)14(9)21(19,20)17-10(2)6-7-18(4)5/h8,10,17H,6-7,16H2,1-5H3. The summed E-state index contributed by atoms with van der Waals surface area (Å²) in [5.74, 6) is -0.593. The highest BCUT2D eigenvalue weighted by Gasteiger charge is 2.24. The normalized spacial score (nSPS) is 13.7. The Morgan fingerprint density at radius 3 is 2.48 bits per heavy atom. The Labute approximate surface area is 126 Å². The number of aryl methyl sites for hydroxylation is 1. The summed E-state index contributed by atoms with van der Waals surface area (Å²) < 4.78 is 41.1. The predicted octanol–water partition coefficient (Wildman–Crippen LogP) is 1.64. The lowest BCUT2D eigenvalue weighted by Gasteiger charge is -2.19. The first-order chi connectivity index (χ1) is 9.56. The van der Waals surface area contributed by atoms with Gasteiger partial charge in [0.25, 0.3) is 0 Å². The number of nitrogen functional groups attached to an aromatic ring is 1. The third kappa shape index (κ3) is 4.39. The average Bonchev–Trinajstić information content (AvgIpc) is 2.32. The van der Waals surface area contributed by atoms with Crippen molar-refractivity contribution in [3.8, 4) is 0 Å². The minimum atomic E-state index is -3.72. The highest BCUT2D eigenvalue weighted by atomic mass is 32.2. The van der Waals surface area contributed by atoms with E-state index in [0.29, 0.717) is 12.0 Å². The summed E-state index contributed by atoms with van der Waals surface area (Å²) in [4.78, 5) is 2.05. The Bertz CT molecular complexity index is 615. The predicted molar refractivity (Wildman–Crippen MR) is 83.2 cm³/mol. The monoisotopic (exact) mass is 317 g/mol. The molecule has 0 radical (unpaired) electrons. The first kappa shape index (κ1) is 17.9. The van der Waals surface area contributed by atoms with Crippen molar-refractivity contribution in [1.82, 2.24) is 9.62 Å². The molecule has 0 fully saturated rings. The molecular formula is C14H24FN3O2S. The summed E-state index contributed by atoms with van der Waals surface area (Å²) in [7, 11) is 0.130. The first-order valence-electron chi connectivity index (χ1n) is 6.78. The number of benzene rings is 1. The fraction of sp³-hybridized carbons (Fsp3) is 0.571. The summed E-state index contributed by atoms with van der Waals surface area (Å²) in [5, 5.41) is 0. The summed E-state index contributed by atoms with van der Waals surface area (Å²) in [5.41, 5.74) is 6.08. The lowest BCUT2D eigenvalue weighted by molar-refractivity contribution is 0.379. The molecule has 1 unspecified atom stereocenters. The SMILES string of the molecule is Cc1cc(F)c(N)c(C)c1S(=O)(=O)NC(C)CCN(C)C. The summed E-state index contributed by atoms with van der Waals surface area (Å²) in [6, 6.07) is 0.934. The van der Waals surface area contributed by atoms with Gasteiger partial charge in [-0.25, -0.2) is 17.5 Å². The number of nitrogens with two attached hydrogens (primary N) is 1. The molecule has 1 atom stereocenters. The molecular weight excluding hydrogens is 293 g/mol. The van der Waals surface area contributed by atoms with E-state index in [1.807, 2.05) is 19.0 Å². The van der Waals surface area contributed by atoms with Crippen LogP contribution in [0, 0.1) is 19.7 Å². The number of hydrogen-bond donors (Lipinski definition) is 2. The van der Waals surface area contributed by atoms with Crippen LogP contribution in [0.1, 0.15) is 24.5 Å². The number of halogens is 1. The van der Waals surface area contributed by atoms with Crippen LogP contribution in [0.4, 0.5) is 10.1 Å². The molecule has 1 aromatic carbocycles. The van der Waals surface area contributed by atoms with Gasteiger partial charge in [-0.3, -0.25) is 0 Å². The summed E-state index contributed by atoms with van der Waals surface area (Å²) in [6.45, 7) is 5.66. The topological polar surface area (TPSA) is 75.4 Å². The molecule has 120 valence electrons. The van der Waals surface area contributed by atoms with Gasteiger partial charge in [0.15, 0.2) is 0 Å². The number of hydrogen-bond acceptors (Lipinski definition) is 4. The molecule has 0 saturated carbocycles. The average molecular weight is 317 g/mol. The van der Waals surface area contributed by atoms with Crippen LogP contribution in [0.5, 0.6) is 0 Å². The second kappa shape index (κ2) is 6.72. The van der Waals surface area contributed by atoms with Crippen LogP contribution in [0.3, 0.4) is 0 Å². The van der Waals surface area contributed by atoms with E-state index in [-0.39, 0.29) is 22.2 Å². The molecule has 5 nitrogen and oxygen atoms in total. The van der Waals surface area contributed by atoms with Gasteiger partial charge in [-0.2, -0.15) is 0 Å². The molecule has 3 N–H and O–H groups in total. The highest BCUT2D eigenvalue weighted by Crippen LogP contribution is 2.27. The minimum absolute atomic E-state index is 0.0677. The van der Waals surface area contributed by atoms with E-state index in [4.69, 9.17) is 5.73 Å². The smallest absolute Gasteiger partial charge is 0.241 e.